The number of carbonyl (C=O) groups is 1. The van der Waals surface area contributed by atoms with Gasteiger partial charge in [-0.3, -0.25) is 4.84 Å². The van der Waals surface area contributed by atoms with Gasteiger partial charge < -0.3 is 5.11 Å². The van der Waals surface area contributed by atoms with Crippen molar-refractivity contribution >= 4 is 21.9 Å². The Kier molecular flexibility index (Phi) is 10.5. The van der Waals surface area contributed by atoms with Crippen molar-refractivity contribution in [3.63, 3.8) is 0 Å². The predicted octanol–water partition coefficient (Wildman–Crippen LogP) is 5.79. The Morgan fingerprint density at radius 2 is 1.62 bits per heavy atom. The number of halogens is 1. The van der Waals surface area contributed by atoms with E-state index >= 15 is 0 Å². The van der Waals surface area contributed by atoms with E-state index in [0.29, 0.717) is 13.1 Å². The van der Waals surface area contributed by atoms with Crippen molar-refractivity contribution in [2.45, 2.75) is 52.1 Å². The molecule has 2 rings (SSSR count). The zero-order valence-electron chi connectivity index (χ0n) is 16.9. The van der Waals surface area contributed by atoms with Gasteiger partial charge in [0.05, 0.1) is 0 Å². The van der Waals surface area contributed by atoms with E-state index in [9.17, 15) is 4.79 Å². The Morgan fingerprint density at radius 3 is 2.21 bits per heavy atom. The third kappa shape index (κ3) is 9.76. The second-order valence-corrected chi connectivity index (χ2v) is 7.82. The summed E-state index contributed by atoms with van der Waals surface area (Å²) in [6.07, 6.45) is 5.85. The predicted molar refractivity (Wildman–Crippen MR) is 119 cm³/mol. The summed E-state index contributed by atoms with van der Waals surface area (Å²) in [5.41, 5.74) is 3.08. The molecule has 0 bridgehead atoms. The fraction of sp³-hybridized carbons (Fsp3) is 0.375. The van der Waals surface area contributed by atoms with E-state index in [0.717, 1.165) is 34.0 Å². The lowest BCUT2D eigenvalue weighted by molar-refractivity contribution is -0.190. The molecule has 0 fully saturated rings. The van der Waals surface area contributed by atoms with Crippen molar-refractivity contribution in [1.29, 1.82) is 0 Å². The number of unbranched alkanes of at least 4 members (excludes halogenated alkanes) is 4. The molecule has 0 saturated heterocycles. The highest BCUT2D eigenvalue weighted by Crippen LogP contribution is 2.15. The monoisotopic (exact) mass is 457 g/mol. The van der Waals surface area contributed by atoms with Gasteiger partial charge in [0.25, 0.3) is 0 Å². The SMILES string of the molecule is CCCCCCC#Cc1ccc(CN(Cc2ccc(Br)cc2)OCC(=O)O)cc1. The van der Waals surface area contributed by atoms with Gasteiger partial charge in [0.2, 0.25) is 0 Å². The molecule has 0 atom stereocenters. The summed E-state index contributed by atoms with van der Waals surface area (Å²) >= 11 is 3.42. The van der Waals surface area contributed by atoms with Gasteiger partial charge in [0.1, 0.15) is 0 Å². The van der Waals surface area contributed by atoms with Crippen molar-refractivity contribution in [2.24, 2.45) is 0 Å². The van der Waals surface area contributed by atoms with Crippen molar-refractivity contribution < 1.29 is 14.7 Å². The van der Waals surface area contributed by atoms with Crippen LogP contribution in [0.5, 0.6) is 0 Å². The average molecular weight is 458 g/mol. The van der Waals surface area contributed by atoms with Gasteiger partial charge in [0, 0.05) is 29.5 Å². The number of benzene rings is 2. The molecule has 0 radical (unpaired) electrons. The quantitative estimate of drug-likeness (QED) is 0.263. The molecule has 0 amide bonds. The summed E-state index contributed by atoms with van der Waals surface area (Å²) in [5, 5.41) is 10.6. The van der Waals surface area contributed by atoms with Crippen molar-refractivity contribution in [2.75, 3.05) is 6.61 Å². The van der Waals surface area contributed by atoms with Crippen LogP contribution in [0.3, 0.4) is 0 Å². The first-order valence-electron chi connectivity index (χ1n) is 9.98. The minimum Gasteiger partial charge on any atom is -0.479 e. The van der Waals surface area contributed by atoms with Gasteiger partial charge in [-0.15, -0.1) is 0 Å². The Morgan fingerprint density at radius 1 is 1.00 bits per heavy atom. The molecule has 0 saturated carbocycles. The summed E-state index contributed by atoms with van der Waals surface area (Å²) in [5.74, 6) is 5.46. The normalized spacial score (nSPS) is 10.6. The minimum absolute atomic E-state index is 0.363. The smallest absolute Gasteiger partial charge is 0.331 e. The number of aliphatic carboxylic acids is 1. The van der Waals surface area contributed by atoms with E-state index in [4.69, 9.17) is 9.94 Å². The molecule has 4 nitrogen and oxygen atoms in total. The average Bonchev–Trinajstić information content (AvgIpc) is 2.71. The Labute approximate surface area is 182 Å². The van der Waals surface area contributed by atoms with Crippen LogP contribution in [0.4, 0.5) is 0 Å². The van der Waals surface area contributed by atoms with E-state index in [-0.39, 0.29) is 6.61 Å². The van der Waals surface area contributed by atoms with Crippen LogP contribution in [-0.2, 0) is 22.7 Å². The molecule has 29 heavy (non-hydrogen) atoms. The summed E-state index contributed by atoms with van der Waals surface area (Å²) in [6.45, 7) is 2.84. The highest BCUT2D eigenvalue weighted by molar-refractivity contribution is 9.10. The van der Waals surface area contributed by atoms with E-state index in [1.807, 2.05) is 48.5 Å². The van der Waals surface area contributed by atoms with Gasteiger partial charge in [-0.05, 0) is 41.8 Å². The number of hydrogen-bond donors (Lipinski definition) is 1. The lowest BCUT2D eigenvalue weighted by Gasteiger charge is -2.21. The summed E-state index contributed by atoms with van der Waals surface area (Å²) in [4.78, 5) is 16.4. The van der Waals surface area contributed by atoms with Gasteiger partial charge in [0.15, 0.2) is 6.61 Å². The fourth-order valence-electron chi connectivity index (χ4n) is 2.79. The van der Waals surface area contributed by atoms with E-state index in [1.54, 1.807) is 5.06 Å². The number of carboxylic acid groups (broad SMARTS) is 1. The first kappa shape index (κ1) is 23.2. The highest BCUT2D eigenvalue weighted by atomic mass is 79.9. The molecule has 2 aromatic rings. The van der Waals surface area contributed by atoms with Crippen LogP contribution in [0.15, 0.2) is 53.0 Å². The zero-order chi connectivity index (χ0) is 20.9. The molecule has 154 valence electrons. The van der Waals surface area contributed by atoms with Crippen molar-refractivity contribution in [3.8, 4) is 11.8 Å². The van der Waals surface area contributed by atoms with Crippen LogP contribution in [0.25, 0.3) is 0 Å². The number of hydrogen-bond acceptors (Lipinski definition) is 3. The molecule has 0 spiro atoms. The van der Waals surface area contributed by atoms with Gasteiger partial charge in [-0.1, -0.05) is 78.2 Å². The third-order valence-electron chi connectivity index (χ3n) is 4.34. The number of rotatable bonds is 11. The number of carboxylic acids is 1. The maximum atomic E-state index is 10.9. The number of hydroxylamine groups is 2. The maximum absolute atomic E-state index is 10.9. The van der Waals surface area contributed by atoms with E-state index in [1.165, 1.54) is 19.3 Å². The highest BCUT2D eigenvalue weighted by Gasteiger charge is 2.10. The summed E-state index contributed by atoms with van der Waals surface area (Å²) < 4.78 is 1.00. The van der Waals surface area contributed by atoms with Gasteiger partial charge >= 0.3 is 5.97 Å². The van der Waals surface area contributed by atoms with Crippen LogP contribution in [0.2, 0.25) is 0 Å². The van der Waals surface area contributed by atoms with Crippen LogP contribution >= 0.6 is 15.9 Å². The number of nitrogens with zero attached hydrogens (tertiary/aromatic N) is 1. The largest absolute Gasteiger partial charge is 0.479 e. The third-order valence-corrected chi connectivity index (χ3v) is 4.87. The molecule has 5 heteroatoms. The Hall–Kier alpha value is -2.13. The first-order chi connectivity index (χ1) is 14.1. The van der Waals surface area contributed by atoms with Crippen LogP contribution in [-0.4, -0.2) is 22.7 Å². The van der Waals surface area contributed by atoms with E-state index < -0.39 is 5.97 Å². The van der Waals surface area contributed by atoms with Gasteiger partial charge in [-0.25, -0.2) is 4.79 Å². The van der Waals surface area contributed by atoms with Crippen LogP contribution in [0.1, 0.15) is 55.7 Å². The minimum atomic E-state index is -0.990. The molecule has 0 heterocycles. The maximum Gasteiger partial charge on any atom is 0.331 e. The molecule has 0 aliphatic heterocycles. The van der Waals surface area contributed by atoms with Crippen molar-refractivity contribution in [1.82, 2.24) is 5.06 Å². The molecule has 0 aliphatic rings. The molecular formula is C24H28BrNO3. The van der Waals surface area contributed by atoms with Gasteiger partial charge in [-0.2, -0.15) is 5.06 Å². The van der Waals surface area contributed by atoms with Crippen LogP contribution < -0.4 is 0 Å². The first-order valence-corrected chi connectivity index (χ1v) is 10.8. The zero-order valence-corrected chi connectivity index (χ0v) is 18.5. The standard InChI is InChI=1S/C24H28BrNO3/c1-2-3-4-5-6-7-8-20-9-11-21(12-10-20)17-26(29-19-24(27)28)18-22-13-15-23(25)16-14-22/h9-16H,2-6,17-19H2,1H3,(H,27,28). The summed E-state index contributed by atoms with van der Waals surface area (Å²) in [6, 6.07) is 15.9. The lowest BCUT2D eigenvalue weighted by Crippen LogP contribution is -2.26. The van der Waals surface area contributed by atoms with E-state index in [2.05, 4.69) is 34.7 Å². The lowest BCUT2D eigenvalue weighted by atomic mass is 10.1. The molecule has 0 aliphatic carbocycles. The topological polar surface area (TPSA) is 49.8 Å². The fourth-order valence-corrected chi connectivity index (χ4v) is 3.05. The molecule has 0 unspecified atom stereocenters. The Bertz CT molecular complexity index is 807. The second kappa shape index (κ2) is 13.2. The molecule has 2 aromatic carbocycles. The molecule has 0 aromatic heterocycles. The molecular weight excluding hydrogens is 430 g/mol. The van der Waals surface area contributed by atoms with Crippen molar-refractivity contribution in [3.05, 3.63) is 69.7 Å². The Balaban J connectivity index is 1.94. The summed E-state index contributed by atoms with van der Waals surface area (Å²) in [7, 11) is 0. The van der Waals surface area contributed by atoms with Crippen LogP contribution in [0, 0.1) is 11.8 Å². The second-order valence-electron chi connectivity index (χ2n) is 6.90. The molecule has 1 N–H and O–H groups in total.